The smallest absolute Gasteiger partial charge is 0.342 e. The van der Waals surface area contributed by atoms with Gasteiger partial charge < -0.3 is 13.9 Å². The van der Waals surface area contributed by atoms with Gasteiger partial charge in [-0.05, 0) is 0 Å². The first kappa shape index (κ1) is 14.0. The molecule has 0 amide bonds. The molecule has 1 aliphatic rings. The van der Waals surface area contributed by atoms with Crippen molar-refractivity contribution in [3.8, 4) is 0 Å². The molecule has 0 fully saturated rings. The van der Waals surface area contributed by atoms with Gasteiger partial charge in [0.1, 0.15) is 11.3 Å². The van der Waals surface area contributed by atoms with Crippen LogP contribution in [0.3, 0.4) is 0 Å². The number of hydrogen-bond donors (Lipinski definition) is 0. The number of fused-ring (bicyclic) bond motifs is 1. The Labute approximate surface area is 115 Å². The quantitative estimate of drug-likeness (QED) is 0.787. The molecule has 0 aliphatic heterocycles. The fourth-order valence-electron chi connectivity index (χ4n) is 2.08. The SMILES string of the molecule is COC(=O)c1c(C(C)C)oc2c1C(=O)C=C(OC)C2=O. The van der Waals surface area contributed by atoms with Crippen molar-refractivity contribution < 1.29 is 28.3 Å². The molecule has 0 aromatic carbocycles. The molecule has 0 bridgehead atoms. The van der Waals surface area contributed by atoms with Crippen LogP contribution in [0.2, 0.25) is 0 Å². The van der Waals surface area contributed by atoms with Gasteiger partial charge in [0.25, 0.3) is 5.78 Å². The summed E-state index contributed by atoms with van der Waals surface area (Å²) in [7, 11) is 2.49. The standard InChI is InChI=1S/C14H14O6/c1-6(2)12-10(14(17)19-4)9-7(15)5-8(18-3)11(16)13(9)20-12/h5-6H,1-4H3. The van der Waals surface area contributed by atoms with Crippen molar-refractivity contribution in [2.75, 3.05) is 14.2 Å². The second kappa shape index (κ2) is 4.96. The number of esters is 1. The summed E-state index contributed by atoms with van der Waals surface area (Å²) in [6.07, 6.45) is 1.05. The van der Waals surface area contributed by atoms with Crippen molar-refractivity contribution in [3.05, 3.63) is 34.5 Å². The predicted octanol–water partition coefficient (Wildman–Crippen LogP) is 2.10. The van der Waals surface area contributed by atoms with Crippen LogP contribution in [-0.4, -0.2) is 31.8 Å². The number of allylic oxidation sites excluding steroid dienone is 2. The summed E-state index contributed by atoms with van der Waals surface area (Å²) in [4.78, 5) is 36.1. The van der Waals surface area contributed by atoms with Crippen LogP contribution in [-0.2, 0) is 9.47 Å². The van der Waals surface area contributed by atoms with Crippen molar-refractivity contribution in [3.63, 3.8) is 0 Å². The molecule has 1 heterocycles. The molecule has 0 radical (unpaired) electrons. The Morgan fingerprint density at radius 1 is 1.25 bits per heavy atom. The lowest BCUT2D eigenvalue weighted by Gasteiger charge is -2.09. The van der Waals surface area contributed by atoms with E-state index >= 15 is 0 Å². The van der Waals surface area contributed by atoms with Crippen LogP contribution in [0.5, 0.6) is 0 Å². The molecule has 20 heavy (non-hydrogen) atoms. The van der Waals surface area contributed by atoms with Gasteiger partial charge in [-0.3, -0.25) is 9.59 Å². The van der Waals surface area contributed by atoms with E-state index < -0.39 is 17.5 Å². The number of Topliss-reactive ketones (excluding diaryl/α,β-unsaturated/α-hetero) is 1. The molecule has 0 saturated heterocycles. The monoisotopic (exact) mass is 278 g/mol. The lowest BCUT2D eigenvalue weighted by atomic mass is 9.94. The molecule has 0 N–H and O–H groups in total. The van der Waals surface area contributed by atoms with Crippen molar-refractivity contribution in [1.82, 2.24) is 0 Å². The van der Waals surface area contributed by atoms with E-state index in [0.29, 0.717) is 0 Å². The summed E-state index contributed by atoms with van der Waals surface area (Å²) < 4.78 is 15.0. The van der Waals surface area contributed by atoms with E-state index in [9.17, 15) is 14.4 Å². The number of rotatable bonds is 3. The predicted molar refractivity (Wildman–Crippen MR) is 67.9 cm³/mol. The summed E-state index contributed by atoms with van der Waals surface area (Å²) in [5, 5.41) is 0. The summed E-state index contributed by atoms with van der Waals surface area (Å²) in [5.74, 6) is -1.96. The summed E-state index contributed by atoms with van der Waals surface area (Å²) in [6.45, 7) is 3.58. The van der Waals surface area contributed by atoms with Crippen molar-refractivity contribution in [2.45, 2.75) is 19.8 Å². The molecule has 0 unspecified atom stereocenters. The largest absolute Gasteiger partial charge is 0.492 e. The van der Waals surface area contributed by atoms with Gasteiger partial charge in [0.2, 0.25) is 0 Å². The second-order valence-corrected chi connectivity index (χ2v) is 4.60. The van der Waals surface area contributed by atoms with Crippen LogP contribution < -0.4 is 0 Å². The molecule has 1 aliphatic carbocycles. The highest BCUT2D eigenvalue weighted by atomic mass is 16.5. The average Bonchev–Trinajstić information content (AvgIpc) is 2.83. The topological polar surface area (TPSA) is 82.8 Å². The Balaban J connectivity index is 2.72. The summed E-state index contributed by atoms with van der Waals surface area (Å²) in [5.41, 5.74) is -0.0337. The highest BCUT2D eigenvalue weighted by Crippen LogP contribution is 2.34. The van der Waals surface area contributed by atoms with Crippen molar-refractivity contribution >= 4 is 17.5 Å². The van der Waals surface area contributed by atoms with Crippen LogP contribution in [0.25, 0.3) is 0 Å². The molecule has 0 atom stereocenters. The number of ketones is 2. The molecular formula is C14H14O6. The lowest BCUT2D eigenvalue weighted by Crippen LogP contribution is -2.19. The zero-order valence-electron chi connectivity index (χ0n) is 11.6. The molecule has 2 rings (SSSR count). The minimum atomic E-state index is -0.700. The minimum Gasteiger partial charge on any atom is -0.492 e. The highest BCUT2D eigenvalue weighted by molar-refractivity contribution is 6.25. The molecule has 0 spiro atoms. The minimum absolute atomic E-state index is 0.0160. The molecule has 1 aromatic rings. The van der Waals surface area contributed by atoms with E-state index in [2.05, 4.69) is 4.74 Å². The number of hydrogen-bond acceptors (Lipinski definition) is 6. The van der Waals surface area contributed by atoms with Crippen molar-refractivity contribution in [1.29, 1.82) is 0 Å². The second-order valence-electron chi connectivity index (χ2n) is 4.60. The maximum atomic E-state index is 12.1. The Kier molecular flexibility index (Phi) is 3.48. The maximum absolute atomic E-state index is 12.1. The molecule has 1 aromatic heterocycles. The van der Waals surface area contributed by atoms with Crippen LogP contribution >= 0.6 is 0 Å². The molecule has 6 heteroatoms. The zero-order chi connectivity index (χ0) is 15.0. The van der Waals surface area contributed by atoms with Gasteiger partial charge >= 0.3 is 5.97 Å². The molecule has 0 saturated carbocycles. The first-order valence-electron chi connectivity index (χ1n) is 6.02. The van der Waals surface area contributed by atoms with Crippen LogP contribution in [0.15, 0.2) is 16.3 Å². The van der Waals surface area contributed by atoms with E-state index in [4.69, 9.17) is 9.15 Å². The van der Waals surface area contributed by atoms with Crippen LogP contribution in [0.4, 0.5) is 0 Å². The maximum Gasteiger partial charge on any atom is 0.342 e. The molecule has 6 nitrogen and oxygen atoms in total. The van der Waals surface area contributed by atoms with Gasteiger partial charge in [-0.1, -0.05) is 13.8 Å². The van der Waals surface area contributed by atoms with Crippen LogP contribution in [0, 0.1) is 0 Å². The number of carbonyl (C=O) groups is 3. The first-order chi connectivity index (χ1) is 9.42. The number of carbonyl (C=O) groups excluding carboxylic acids is 3. The van der Waals surface area contributed by atoms with Gasteiger partial charge in [-0.2, -0.15) is 0 Å². The van der Waals surface area contributed by atoms with E-state index in [-0.39, 0.29) is 34.3 Å². The number of furan rings is 1. The van der Waals surface area contributed by atoms with E-state index in [1.54, 1.807) is 13.8 Å². The molecular weight excluding hydrogens is 264 g/mol. The van der Waals surface area contributed by atoms with Crippen LogP contribution in [0.1, 0.15) is 56.8 Å². The summed E-state index contributed by atoms with van der Waals surface area (Å²) >= 11 is 0. The lowest BCUT2D eigenvalue weighted by molar-refractivity contribution is 0.0594. The Hall–Kier alpha value is -2.37. The normalized spacial score (nSPS) is 14.2. The Morgan fingerprint density at radius 3 is 2.40 bits per heavy atom. The Morgan fingerprint density at radius 2 is 1.90 bits per heavy atom. The van der Waals surface area contributed by atoms with Gasteiger partial charge in [0, 0.05) is 12.0 Å². The van der Waals surface area contributed by atoms with Crippen molar-refractivity contribution in [2.24, 2.45) is 0 Å². The summed E-state index contributed by atoms with van der Waals surface area (Å²) in [6, 6.07) is 0. The van der Waals surface area contributed by atoms with Gasteiger partial charge in [0.15, 0.2) is 17.3 Å². The van der Waals surface area contributed by atoms with E-state index in [0.717, 1.165) is 6.08 Å². The third kappa shape index (κ3) is 1.93. The first-order valence-corrected chi connectivity index (χ1v) is 6.02. The number of methoxy groups -OCH3 is 2. The fraction of sp³-hybridized carbons (Fsp3) is 0.357. The van der Waals surface area contributed by atoms with E-state index in [1.165, 1.54) is 14.2 Å². The van der Waals surface area contributed by atoms with Gasteiger partial charge in [0.05, 0.1) is 19.8 Å². The third-order valence-corrected chi connectivity index (χ3v) is 3.01. The zero-order valence-corrected chi connectivity index (χ0v) is 11.6. The number of ether oxygens (including phenoxy) is 2. The van der Waals surface area contributed by atoms with Gasteiger partial charge in [-0.15, -0.1) is 0 Å². The van der Waals surface area contributed by atoms with Gasteiger partial charge in [-0.25, -0.2) is 4.79 Å². The Bertz CT molecular complexity index is 632. The highest BCUT2D eigenvalue weighted by Gasteiger charge is 2.38. The fourth-order valence-corrected chi connectivity index (χ4v) is 2.08. The van der Waals surface area contributed by atoms with E-state index in [1.807, 2.05) is 0 Å². The molecule has 106 valence electrons. The third-order valence-electron chi connectivity index (χ3n) is 3.01. The average molecular weight is 278 g/mol.